The Balaban J connectivity index is 1.91. The van der Waals surface area contributed by atoms with Gasteiger partial charge in [-0.25, -0.2) is 0 Å². The highest BCUT2D eigenvalue weighted by Crippen LogP contribution is 2.23. The standard InChI is InChI=1S/C12H19N3O/c1-9-8-11(15-14-9)13-12(16)10-6-4-2-3-5-7-10/h8,10H,2-7H2,1H3,(H2,13,14,15,16). The summed E-state index contributed by atoms with van der Waals surface area (Å²) in [6.45, 7) is 1.92. The first-order valence-electron chi connectivity index (χ1n) is 6.08. The van der Waals surface area contributed by atoms with Gasteiger partial charge < -0.3 is 5.32 Å². The van der Waals surface area contributed by atoms with E-state index in [1.807, 2.05) is 13.0 Å². The maximum atomic E-state index is 12.0. The Hall–Kier alpha value is -1.32. The molecule has 1 fully saturated rings. The van der Waals surface area contributed by atoms with Crippen LogP contribution in [0.4, 0.5) is 5.82 Å². The van der Waals surface area contributed by atoms with E-state index in [0.717, 1.165) is 18.5 Å². The molecule has 0 unspecified atom stereocenters. The number of carbonyl (C=O) groups excluding carboxylic acids is 1. The number of rotatable bonds is 2. The minimum absolute atomic E-state index is 0.133. The van der Waals surface area contributed by atoms with E-state index in [9.17, 15) is 4.79 Å². The zero-order valence-corrected chi connectivity index (χ0v) is 9.75. The minimum Gasteiger partial charge on any atom is -0.309 e. The molecule has 0 aliphatic heterocycles. The monoisotopic (exact) mass is 221 g/mol. The van der Waals surface area contributed by atoms with Gasteiger partial charge >= 0.3 is 0 Å². The van der Waals surface area contributed by atoms with Gasteiger partial charge in [-0.15, -0.1) is 0 Å². The lowest BCUT2D eigenvalue weighted by Crippen LogP contribution is -2.22. The SMILES string of the molecule is Cc1cc(NC(=O)C2CCCCCC2)n[nH]1. The van der Waals surface area contributed by atoms with Crippen LogP contribution in [-0.2, 0) is 4.79 Å². The summed E-state index contributed by atoms with van der Waals surface area (Å²) in [4.78, 5) is 12.0. The average molecular weight is 221 g/mol. The first kappa shape index (κ1) is 11.2. The van der Waals surface area contributed by atoms with Crippen molar-refractivity contribution in [3.8, 4) is 0 Å². The second-order valence-electron chi connectivity index (χ2n) is 4.61. The number of carbonyl (C=O) groups is 1. The number of hydrogen-bond acceptors (Lipinski definition) is 2. The van der Waals surface area contributed by atoms with Gasteiger partial charge in [-0.2, -0.15) is 5.10 Å². The molecule has 1 aliphatic carbocycles. The van der Waals surface area contributed by atoms with E-state index in [4.69, 9.17) is 0 Å². The molecular formula is C12H19N3O. The first-order chi connectivity index (χ1) is 7.75. The summed E-state index contributed by atoms with van der Waals surface area (Å²) in [6, 6.07) is 1.86. The highest BCUT2D eigenvalue weighted by atomic mass is 16.1. The Morgan fingerprint density at radius 1 is 1.38 bits per heavy atom. The van der Waals surface area contributed by atoms with Crippen molar-refractivity contribution in [3.05, 3.63) is 11.8 Å². The van der Waals surface area contributed by atoms with Gasteiger partial charge in [0.05, 0.1) is 0 Å². The van der Waals surface area contributed by atoms with Crippen LogP contribution in [0.2, 0.25) is 0 Å². The van der Waals surface area contributed by atoms with Crippen molar-refractivity contribution in [2.45, 2.75) is 45.4 Å². The number of aryl methyl sites for hydroxylation is 1. The van der Waals surface area contributed by atoms with Crippen molar-refractivity contribution in [1.29, 1.82) is 0 Å². The smallest absolute Gasteiger partial charge is 0.228 e. The number of H-pyrrole nitrogens is 1. The van der Waals surface area contributed by atoms with Gasteiger partial charge in [-0.1, -0.05) is 25.7 Å². The summed E-state index contributed by atoms with van der Waals surface area (Å²) in [7, 11) is 0. The largest absolute Gasteiger partial charge is 0.309 e. The lowest BCUT2D eigenvalue weighted by atomic mass is 9.99. The number of aromatic amines is 1. The average Bonchev–Trinajstić information content (AvgIpc) is 2.56. The van der Waals surface area contributed by atoms with Crippen LogP contribution in [0.1, 0.15) is 44.2 Å². The molecule has 0 saturated heterocycles. The molecule has 4 nitrogen and oxygen atoms in total. The number of nitrogens with one attached hydrogen (secondary N) is 2. The molecule has 1 aromatic heterocycles. The normalized spacial score (nSPS) is 18.1. The van der Waals surface area contributed by atoms with Crippen molar-refractivity contribution in [2.75, 3.05) is 5.32 Å². The Labute approximate surface area is 95.8 Å². The van der Waals surface area contributed by atoms with Crippen LogP contribution >= 0.6 is 0 Å². The second-order valence-corrected chi connectivity index (χ2v) is 4.61. The van der Waals surface area contributed by atoms with Gasteiger partial charge in [0, 0.05) is 17.7 Å². The van der Waals surface area contributed by atoms with Gasteiger partial charge in [-0.05, 0) is 19.8 Å². The highest BCUT2D eigenvalue weighted by molar-refractivity contribution is 5.91. The molecule has 1 aliphatic rings. The molecule has 2 N–H and O–H groups in total. The third-order valence-electron chi connectivity index (χ3n) is 3.18. The lowest BCUT2D eigenvalue weighted by Gasteiger charge is -2.12. The van der Waals surface area contributed by atoms with Crippen molar-refractivity contribution in [3.63, 3.8) is 0 Å². The first-order valence-corrected chi connectivity index (χ1v) is 6.08. The fourth-order valence-corrected chi connectivity index (χ4v) is 2.25. The van der Waals surface area contributed by atoms with Crippen LogP contribution in [0.5, 0.6) is 0 Å². The Morgan fingerprint density at radius 2 is 2.06 bits per heavy atom. The van der Waals surface area contributed by atoms with Crippen LogP contribution in [0.15, 0.2) is 6.07 Å². The number of aromatic nitrogens is 2. The molecule has 1 saturated carbocycles. The van der Waals surface area contributed by atoms with Crippen LogP contribution in [0, 0.1) is 12.8 Å². The number of anilines is 1. The van der Waals surface area contributed by atoms with Gasteiger partial charge in [0.15, 0.2) is 5.82 Å². The number of hydrogen-bond donors (Lipinski definition) is 2. The molecule has 2 rings (SSSR count). The van der Waals surface area contributed by atoms with Crippen LogP contribution in [0.25, 0.3) is 0 Å². The van der Waals surface area contributed by atoms with E-state index in [0.29, 0.717) is 5.82 Å². The molecule has 16 heavy (non-hydrogen) atoms. The van der Waals surface area contributed by atoms with Crippen LogP contribution in [0.3, 0.4) is 0 Å². The third-order valence-corrected chi connectivity index (χ3v) is 3.18. The third kappa shape index (κ3) is 2.84. The summed E-state index contributed by atoms with van der Waals surface area (Å²) < 4.78 is 0. The zero-order valence-electron chi connectivity index (χ0n) is 9.75. The van der Waals surface area contributed by atoms with E-state index in [2.05, 4.69) is 15.5 Å². The Bertz CT molecular complexity index is 351. The fraction of sp³-hybridized carbons (Fsp3) is 0.667. The van der Waals surface area contributed by atoms with Gasteiger partial charge in [0.2, 0.25) is 5.91 Å². The van der Waals surface area contributed by atoms with Crippen molar-refractivity contribution < 1.29 is 4.79 Å². The van der Waals surface area contributed by atoms with Crippen molar-refractivity contribution in [2.24, 2.45) is 5.92 Å². The van der Waals surface area contributed by atoms with E-state index in [-0.39, 0.29) is 11.8 Å². The molecule has 1 amide bonds. The van der Waals surface area contributed by atoms with Gasteiger partial charge in [-0.3, -0.25) is 9.89 Å². The van der Waals surface area contributed by atoms with E-state index >= 15 is 0 Å². The molecule has 4 heteroatoms. The predicted molar refractivity (Wildman–Crippen MR) is 63.1 cm³/mol. The summed E-state index contributed by atoms with van der Waals surface area (Å²) >= 11 is 0. The van der Waals surface area contributed by atoms with Crippen molar-refractivity contribution >= 4 is 11.7 Å². The molecular weight excluding hydrogens is 202 g/mol. The maximum absolute atomic E-state index is 12.0. The minimum atomic E-state index is 0.133. The molecule has 0 atom stereocenters. The molecule has 0 spiro atoms. The van der Waals surface area contributed by atoms with E-state index in [1.165, 1.54) is 25.7 Å². The number of amides is 1. The summed E-state index contributed by atoms with van der Waals surface area (Å²) in [6.07, 6.45) is 6.94. The predicted octanol–water partition coefficient (Wildman–Crippen LogP) is 2.63. The van der Waals surface area contributed by atoms with Crippen LogP contribution in [-0.4, -0.2) is 16.1 Å². The van der Waals surface area contributed by atoms with E-state index in [1.54, 1.807) is 0 Å². The highest BCUT2D eigenvalue weighted by Gasteiger charge is 2.20. The summed E-state index contributed by atoms with van der Waals surface area (Å²) in [5.41, 5.74) is 0.969. The molecule has 1 heterocycles. The molecule has 88 valence electrons. The second kappa shape index (κ2) is 5.14. The summed E-state index contributed by atoms with van der Waals surface area (Å²) in [5.74, 6) is 0.958. The molecule has 0 radical (unpaired) electrons. The quantitative estimate of drug-likeness (QED) is 0.754. The van der Waals surface area contributed by atoms with Gasteiger partial charge in [0.1, 0.15) is 0 Å². The molecule has 1 aromatic rings. The van der Waals surface area contributed by atoms with E-state index < -0.39 is 0 Å². The van der Waals surface area contributed by atoms with Crippen molar-refractivity contribution in [1.82, 2.24) is 10.2 Å². The maximum Gasteiger partial charge on any atom is 0.228 e. The lowest BCUT2D eigenvalue weighted by molar-refractivity contribution is -0.120. The molecule has 0 aromatic carbocycles. The Morgan fingerprint density at radius 3 is 2.62 bits per heavy atom. The van der Waals surface area contributed by atoms with Crippen LogP contribution < -0.4 is 5.32 Å². The molecule has 0 bridgehead atoms. The fourth-order valence-electron chi connectivity index (χ4n) is 2.25. The summed E-state index contributed by atoms with van der Waals surface area (Å²) in [5, 5.41) is 9.72. The van der Waals surface area contributed by atoms with Gasteiger partial charge in [0.25, 0.3) is 0 Å². The topological polar surface area (TPSA) is 57.8 Å². The Kier molecular flexibility index (Phi) is 3.59. The zero-order chi connectivity index (χ0) is 11.4. The number of nitrogens with zero attached hydrogens (tertiary/aromatic N) is 1.